The number of carboxylic acid groups (broad SMARTS) is 1. The van der Waals surface area contributed by atoms with Gasteiger partial charge in [0.1, 0.15) is 11.6 Å². The number of hydrogen-bond acceptors (Lipinski definition) is 3. The normalized spacial score (nSPS) is 28.0. The van der Waals surface area contributed by atoms with Crippen molar-refractivity contribution in [1.29, 1.82) is 0 Å². The summed E-state index contributed by atoms with van der Waals surface area (Å²) in [6.45, 7) is 3.08. The summed E-state index contributed by atoms with van der Waals surface area (Å²) in [6, 6.07) is 4.54. The van der Waals surface area contributed by atoms with Crippen LogP contribution in [0, 0.1) is 23.5 Å². The number of fused-ring (bicyclic) bond motifs is 1. The second-order valence-corrected chi connectivity index (χ2v) is 9.20. The zero-order valence-electron chi connectivity index (χ0n) is 17.1. The van der Waals surface area contributed by atoms with Crippen LogP contribution < -0.4 is 0 Å². The number of nitrogens with zero attached hydrogens (tertiary/aromatic N) is 2. The molecule has 2 unspecified atom stereocenters. The Hall–Kier alpha value is -2.21. The van der Waals surface area contributed by atoms with Crippen LogP contribution in [-0.2, 0) is 4.79 Å². The third kappa shape index (κ3) is 3.45. The van der Waals surface area contributed by atoms with Crippen LogP contribution in [0.2, 0.25) is 0 Å². The molecule has 0 amide bonds. The number of piperidine rings is 1. The highest BCUT2D eigenvalue weighted by Crippen LogP contribution is 2.44. The molecule has 0 spiro atoms. The Kier molecular flexibility index (Phi) is 5.13. The SMILES string of the molecule is O=C(O)C1CCN(C2CCC3CC(N4CC(c5c(F)cccc5F)C4)=CC=C32)CC1. The van der Waals surface area contributed by atoms with Gasteiger partial charge in [-0.15, -0.1) is 0 Å². The average Bonchev–Trinajstić information content (AvgIpc) is 3.12. The fourth-order valence-electron chi connectivity index (χ4n) is 5.83. The molecule has 2 aliphatic carbocycles. The smallest absolute Gasteiger partial charge is 0.306 e. The minimum absolute atomic E-state index is 0.0793. The minimum Gasteiger partial charge on any atom is -0.481 e. The van der Waals surface area contributed by atoms with E-state index in [1.807, 2.05) is 0 Å². The highest BCUT2D eigenvalue weighted by molar-refractivity contribution is 5.70. The molecule has 5 rings (SSSR count). The molecule has 1 aromatic carbocycles. The van der Waals surface area contributed by atoms with Crippen molar-refractivity contribution >= 4 is 5.97 Å². The van der Waals surface area contributed by atoms with Crippen LogP contribution in [0.4, 0.5) is 8.78 Å². The van der Waals surface area contributed by atoms with Gasteiger partial charge in [-0.3, -0.25) is 9.69 Å². The second-order valence-electron chi connectivity index (χ2n) is 9.20. The van der Waals surface area contributed by atoms with Crippen molar-refractivity contribution in [3.63, 3.8) is 0 Å². The largest absolute Gasteiger partial charge is 0.481 e. The number of halogens is 2. The lowest BCUT2D eigenvalue weighted by molar-refractivity contribution is -0.143. The van der Waals surface area contributed by atoms with Crippen molar-refractivity contribution in [3.8, 4) is 0 Å². The van der Waals surface area contributed by atoms with Gasteiger partial charge in [-0.1, -0.05) is 12.1 Å². The summed E-state index contributed by atoms with van der Waals surface area (Å²) in [5.74, 6) is -1.27. The number of carbonyl (C=O) groups is 1. The standard InChI is InChI=1S/C24H28F2N2O2/c25-20-2-1-3-21(26)23(20)17-13-28(14-17)18-5-6-19-16(12-18)4-7-22(19)27-10-8-15(9-11-27)24(29)30/h1-3,5-6,15-17,22H,4,7-14H2,(H,29,30). The Morgan fingerprint density at radius 3 is 2.33 bits per heavy atom. The Bertz CT molecular complexity index is 878. The predicted molar refractivity (Wildman–Crippen MR) is 110 cm³/mol. The van der Waals surface area contributed by atoms with E-state index in [1.165, 1.54) is 29.5 Å². The van der Waals surface area contributed by atoms with Crippen molar-refractivity contribution < 1.29 is 18.7 Å². The van der Waals surface area contributed by atoms with Gasteiger partial charge in [0, 0.05) is 36.3 Å². The maximum absolute atomic E-state index is 14.0. The number of aliphatic carboxylic acids is 1. The van der Waals surface area contributed by atoms with E-state index in [4.69, 9.17) is 0 Å². The van der Waals surface area contributed by atoms with Gasteiger partial charge in [0.05, 0.1) is 5.92 Å². The van der Waals surface area contributed by atoms with E-state index < -0.39 is 17.6 Å². The van der Waals surface area contributed by atoms with E-state index in [9.17, 15) is 18.7 Å². The molecule has 160 valence electrons. The van der Waals surface area contributed by atoms with Crippen molar-refractivity contribution in [2.75, 3.05) is 26.2 Å². The van der Waals surface area contributed by atoms with Crippen molar-refractivity contribution in [3.05, 3.63) is 58.8 Å². The summed E-state index contributed by atoms with van der Waals surface area (Å²) in [7, 11) is 0. The second kappa shape index (κ2) is 7.80. The summed E-state index contributed by atoms with van der Waals surface area (Å²) in [6.07, 6.45) is 9.24. The van der Waals surface area contributed by atoms with Crippen molar-refractivity contribution in [2.45, 2.75) is 44.1 Å². The first-order valence-electron chi connectivity index (χ1n) is 11.1. The Balaban J connectivity index is 1.22. The fourth-order valence-corrected chi connectivity index (χ4v) is 5.83. The predicted octanol–water partition coefficient (Wildman–Crippen LogP) is 4.15. The lowest BCUT2D eigenvalue weighted by atomic mass is 9.85. The van der Waals surface area contributed by atoms with Crippen LogP contribution in [-0.4, -0.2) is 53.1 Å². The van der Waals surface area contributed by atoms with Crippen molar-refractivity contribution in [1.82, 2.24) is 9.80 Å². The van der Waals surface area contributed by atoms with Gasteiger partial charge < -0.3 is 10.0 Å². The fraction of sp³-hybridized carbons (Fsp3) is 0.542. The average molecular weight is 414 g/mol. The molecule has 0 bridgehead atoms. The number of allylic oxidation sites excluding steroid dienone is 3. The molecule has 6 heteroatoms. The Morgan fingerprint density at radius 1 is 0.967 bits per heavy atom. The third-order valence-electron chi connectivity index (χ3n) is 7.58. The molecule has 0 aromatic heterocycles. The van der Waals surface area contributed by atoms with E-state index in [0.29, 0.717) is 25.0 Å². The molecule has 4 nitrogen and oxygen atoms in total. The molecular formula is C24H28F2N2O2. The van der Waals surface area contributed by atoms with Gasteiger partial charge in [-0.2, -0.15) is 0 Å². The van der Waals surface area contributed by atoms with Gasteiger partial charge in [-0.25, -0.2) is 8.78 Å². The molecule has 1 saturated carbocycles. The number of likely N-dealkylation sites (tertiary alicyclic amines) is 2. The summed E-state index contributed by atoms with van der Waals surface area (Å²) in [5, 5.41) is 9.23. The molecule has 4 aliphatic rings. The summed E-state index contributed by atoms with van der Waals surface area (Å²) >= 11 is 0. The van der Waals surface area contributed by atoms with Crippen LogP contribution in [0.3, 0.4) is 0 Å². The molecule has 2 saturated heterocycles. The monoisotopic (exact) mass is 414 g/mol. The maximum atomic E-state index is 14.0. The van der Waals surface area contributed by atoms with E-state index in [1.54, 1.807) is 0 Å². The van der Waals surface area contributed by atoms with Crippen molar-refractivity contribution in [2.24, 2.45) is 11.8 Å². The van der Waals surface area contributed by atoms with E-state index in [-0.39, 0.29) is 17.4 Å². The van der Waals surface area contributed by atoms with Crippen LogP contribution in [0.5, 0.6) is 0 Å². The van der Waals surface area contributed by atoms with Crippen LogP contribution in [0.25, 0.3) is 0 Å². The first-order chi connectivity index (χ1) is 14.5. The third-order valence-corrected chi connectivity index (χ3v) is 7.58. The quantitative estimate of drug-likeness (QED) is 0.804. The maximum Gasteiger partial charge on any atom is 0.306 e. The highest BCUT2D eigenvalue weighted by atomic mass is 19.1. The zero-order valence-corrected chi connectivity index (χ0v) is 17.1. The van der Waals surface area contributed by atoms with Crippen LogP contribution in [0.15, 0.2) is 41.6 Å². The van der Waals surface area contributed by atoms with Gasteiger partial charge >= 0.3 is 5.97 Å². The first-order valence-corrected chi connectivity index (χ1v) is 11.1. The minimum atomic E-state index is -0.661. The molecule has 1 aromatic rings. The Morgan fingerprint density at radius 2 is 1.67 bits per heavy atom. The van der Waals surface area contributed by atoms with Gasteiger partial charge in [0.2, 0.25) is 0 Å². The molecule has 1 N–H and O–H groups in total. The zero-order chi connectivity index (χ0) is 20.8. The number of rotatable bonds is 4. The van der Waals surface area contributed by atoms with Gasteiger partial charge in [-0.05, 0) is 74.9 Å². The molecule has 30 heavy (non-hydrogen) atoms. The summed E-state index contributed by atoms with van der Waals surface area (Å²) in [5.41, 5.74) is 3.00. The van der Waals surface area contributed by atoms with E-state index >= 15 is 0 Å². The summed E-state index contributed by atoms with van der Waals surface area (Å²) < 4.78 is 28.1. The lowest BCUT2D eigenvalue weighted by Gasteiger charge is -2.44. The molecular weight excluding hydrogens is 386 g/mol. The molecule has 0 radical (unpaired) electrons. The van der Waals surface area contributed by atoms with E-state index in [2.05, 4.69) is 22.0 Å². The first kappa shape index (κ1) is 19.7. The highest BCUT2D eigenvalue weighted by Gasteiger charge is 2.40. The van der Waals surface area contributed by atoms with Crippen LogP contribution >= 0.6 is 0 Å². The molecule has 2 atom stereocenters. The molecule has 2 heterocycles. The van der Waals surface area contributed by atoms with Gasteiger partial charge in [0.25, 0.3) is 0 Å². The van der Waals surface area contributed by atoms with E-state index in [0.717, 1.165) is 45.2 Å². The van der Waals surface area contributed by atoms with Crippen LogP contribution in [0.1, 0.15) is 43.6 Å². The number of benzene rings is 1. The molecule has 3 fully saturated rings. The van der Waals surface area contributed by atoms with Gasteiger partial charge in [0.15, 0.2) is 0 Å². The number of hydrogen-bond donors (Lipinski definition) is 1. The summed E-state index contributed by atoms with van der Waals surface area (Å²) in [4.78, 5) is 15.9. The Labute approximate surface area is 175 Å². The number of carboxylic acids is 1. The topological polar surface area (TPSA) is 43.8 Å². The molecule has 2 aliphatic heterocycles. The lowest BCUT2D eigenvalue weighted by Crippen LogP contribution is -2.46.